The topological polar surface area (TPSA) is 96.9 Å². The van der Waals surface area contributed by atoms with Gasteiger partial charge in [0.05, 0.1) is 35.1 Å². The SMILES string of the molecule is C[C@@H]1CN(c2cc(F)c(-c3ccc(N4CCO[C@@H](C)C4)nc3)c(F)c2-n2cc(C(N)=O)c(C(F)(F)F)cc2=O)C[C@H](C)N1C. The molecule has 2 N–H and O–H groups in total. The van der Waals surface area contributed by atoms with Gasteiger partial charge in [-0.2, -0.15) is 13.2 Å². The maximum Gasteiger partial charge on any atom is 0.417 e. The van der Waals surface area contributed by atoms with Crippen LogP contribution < -0.4 is 21.1 Å². The van der Waals surface area contributed by atoms with Crippen LogP contribution >= 0.6 is 0 Å². The van der Waals surface area contributed by atoms with Crippen molar-refractivity contribution in [3.8, 4) is 16.8 Å². The number of ether oxygens (including phenoxy) is 1. The number of piperazine rings is 1. The first-order valence-corrected chi connectivity index (χ1v) is 14.1. The molecule has 1 aromatic carbocycles. The zero-order chi connectivity index (χ0) is 32.1. The van der Waals surface area contributed by atoms with E-state index in [2.05, 4.69) is 9.88 Å². The van der Waals surface area contributed by atoms with Crippen LogP contribution in [0.3, 0.4) is 0 Å². The summed E-state index contributed by atoms with van der Waals surface area (Å²) in [5.74, 6) is -3.04. The van der Waals surface area contributed by atoms with E-state index in [9.17, 15) is 22.8 Å². The number of amides is 1. The highest BCUT2D eigenvalue weighted by molar-refractivity contribution is 5.94. The van der Waals surface area contributed by atoms with Crippen molar-refractivity contribution < 1.29 is 31.5 Å². The Bertz CT molecular complexity index is 1620. The number of halogens is 5. The summed E-state index contributed by atoms with van der Waals surface area (Å²) in [7, 11) is 1.91. The Kier molecular flexibility index (Phi) is 8.42. The largest absolute Gasteiger partial charge is 0.417 e. The number of nitrogens with two attached hydrogens (primary N) is 1. The Balaban J connectivity index is 1.71. The Labute approximate surface area is 250 Å². The van der Waals surface area contributed by atoms with Crippen molar-refractivity contribution >= 4 is 17.4 Å². The smallest absolute Gasteiger partial charge is 0.375 e. The molecule has 9 nitrogen and oxygen atoms in total. The minimum atomic E-state index is -5.08. The van der Waals surface area contributed by atoms with Gasteiger partial charge >= 0.3 is 6.18 Å². The summed E-state index contributed by atoms with van der Waals surface area (Å²) in [4.78, 5) is 35.4. The quantitative estimate of drug-likeness (QED) is 0.430. The molecule has 1 amide bonds. The second-order valence-corrected chi connectivity index (χ2v) is 11.4. The van der Waals surface area contributed by atoms with Crippen LogP contribution in [0.4, 0.5) is 33.5 Å². The van der Waals surface area contributed by atoms with Crippen molar-refractivity contribution in [3.63, 3.8) is 0 Å². The van der Waals surface area contributed by atoms with Crippen molar-refractivity contribution in [2.75, 3.05) is 49.6 Å². The average Bonchev–Trinajstić information content (AvgIpc) is 2.95. The van der Waals surface area contributed by atoms with Crippen LogP contribution in [-0.2, 0) is 10.9 Å². The van der Waals surface area contributed by atoms with E-state index in [1.807, 2.05) is 32.7 Å². The van der Waals surface area contributed by atoms with Gasteiger partial charge in [0.15, 0.2) is 5.82 Å². The molecule has 0 saturated carbocycles. The van der Waals surface area contributed by atoms with Crippen LogP contribution in [0.5, 0.6) is 0 Å². The second kappa shape index (κ2) is 11.8. The van der Waals surface area contributed by atoms with E-state index in [1.165, 1.54) is 12.3 Å². The van der Waals surface area contributed by atoms with E-state index in [1.54, 1.807) is 11.0 Å². The third-order valence-electron chi connectivity index (χ3n) is 8.34. The molecule has 3 aromatic rings. The molecule has 0 aliphatic carbocycles. The summed E-state index contributed by atoms with van der Waals surface area (Å²) < 4.78 is 79.9. The van der Waals surface area contributed by atoms with Crippen molar-refractivity contribution in [1.29, 1.82) is 0 Å². The van der Waals surface area contributed by atoms with E-state index in [4.69, 9.17) is 10.5 Å². The number of carbonyl (C=O) groups is 1. The van der Waals surface area contributed by atoms with E-state index in [0.717, 1.165) is 6.07 Å². The molecule has 0 bridgehead atoms. The number of pyridine rings is 2. The monoisotopic (exact) mass is 620 g/mol. The predicted molar refractivity (Wildman–Crippen MR) is 155 cm³/mol. The number of benzene rings is 1. The molecule has 2 saturated heterocycles. The summed E-state index contributed by atoms with van der Waals surface area (Å²) in [6.45, 7) is 8.02. The van der Waals surface area contributed by atoms with E-state index < -0.39 is 51.7 Å². The fourth-order valence-electron chi connectivity index (χ4n) is 5.82. The Morgan fingerprint density at radius 3 is 2.30 bits per heavy atom. The highest BCUT2D eigenvalue weighted by Crippen LogP contribution is 2.39. The third-order valence-corrected chi connectivity index (χ3v) is 8.34. The van der Waals surface area contributed by atoms with Crippen LogP contribution in [0.1, 0.15) is 36.7 Å². The molecule has 5 rings (SSSR count). The zero-order valence-corrected chi connectivity index (χ0v) is 24.7. The van der Waals surface area contributed by atoms with Crippen molar-refractivity contribution in [3.05, 3.63) is 69.8 Å². The maximum atomic E-state index is 16.7. The van der Waals surface area contributed by atoms with E-state index in [0.29, 0.717) is 49.4 Å². The lowest BCUT2D eigenvalue weighted by molar-refractivity contribution is -0.138. The standard InChI is InChI=1S/C30H33F5N6O3/c1-16-12-40(13-17(2)38(16)4)23-10-22(31)26(19-5-6-24(37-11-19)39-7-8-44-18(3)14-39)27(32)28(23)41-15-20(29(36)43)21(9-25(41)42)30(33,34)35/h5-6,9-11,15-18H,7-8,12-14H2,1-4H3,(H2,36,43)/t16-,17+,18-/m0/s1. The molecule has 0 spiro atoms. The van der Waals surface area contributed by atoms with Gasteiger partial charge in [-0.05, 0) is 40.0 Å². The summed E-state index contributed by atoms with van der Waals surface area (Å²) in [6.07, 6.45) is -3.24. The van der Waals surface area contributed by atoms with Crippen molar-refractivity contribution in [2.24, 2.45) is 5.73 Å². The van der Waals surface area contributed by atoms with Gasteiger partial charge in [0.1, 0.15) is 17.3 Å². The lowest BCUT2D eigenvalue weighted by Crippen LogP contribution is -2.55. The van der Waals surface area contributed by atoms with Crippen LogP contribution in [0.15, 0.2) is 41.5 Å². The summed E-state index contributed by atoms with van der Waals surface area (Å²) in [6, 6.07) is 4.22. The Morgan fingerprint density at radius 1 is 1.05 bits per heavy atom. The lowest BCUT2D eigenvalue weighted by atomic mass is 10.0. The third kappa shape index (κ3) is 5.87. The average molecular weight is 621 g/mol. The number of alkyl halides is 3. The highest BCUT2D eigenvalue weighted by Gasteiger charge is 2.37. The van der Waals surface area contributed by atoms with Crippen molar-refractivity contribution in [2.45, 2.75) is 45.1 Å². The molecule has 2 fully saturated rings. The number of hydrogen-bond donors (Lipinski definition) is 1. The van der Waals surface area contributed by atoms with Gasteiger partial charge < -0.3 is 20.3 Å². The number of aromatic nitrogens is 2. The fraction of sp³-hybridized carbons (Fsp3) is 0.433. The summed E-state index contributed by atoms with van der Waals surface area (Å²) >= 11 is 0. The van der Waals surface area contributed by atoms with E-state index in [-0.39, 0.29) is 35.5 Å². The number of carbonyl (C=O) groups excluding carboxylic acids is 1. The van der Waals surface area contributed by atoms with Crippen LogP contribution in [0.2, 0.25) is 0 Å². The Morgan fingerprint density at radius 2 is 1.73 bits per heavy atom. The number of primary amides is 1. The van der Waals surface area contributed by atoms with Gasteiger partial charge in [-0.1, -0.05) is 0 Å². The molecule has 0 unspecified atom stereocenters. The molecule has 2 aromatic heterocycles. The normalized spacial score (nSPS) is 21.5. The number of rotatable bonds is 5. The van der Waals surface area contributed by atoms with Gasteiger partial charge in [-0.3, -0.25) is 19.1 Å². The maximum absolute atomic E-state index is 16.7. The molecule has 2 aliphatic rings. The fourth-order valence-corrected chi connectivity index (χ4v) is 5.82. The predicted octanol–water partition coefficient (Wildman–Crippen LogP) is 4.05. The lowest BCUT2D eigenvalue weighted by Gasteiger charge is -2.44. The first kappa shape index (κ1) is 31.4. The number of morpholine rings is 1. The molecule has 3 atom stereocenters. The zero-order valence-electron chi connectivity index (χ0n) is 24.7. The second-order valence-electron chi connectivity index (χ2n) is 11.4. The van der Waals surface area contributed by atoms with E-state index >= 15 is 8.78 Å². The van der Waals surface area contributed by atoms with Gasteiger partial charge in [-0.15, -0.1) is 0 Å². The van der Waals surface area contributed by atoms with Gasteiger partial charge in [0.25, 0.3) is 11.5 Å². The minimum absolute atomic E-state index is 0.0254. The molecule has 0 radical (unpaired) electrons. The van der Waals surface area contributed by atoms with Gasteiger partial charge in [0, 0.05) is 68.4 Å². The molecular formula is C30H33F5N6O3. The van der Waals surface area contributed by atoms with Crippen LogP contribution in [0, 0.1) is 11.6 Å². The summed E-state index contributed by atoms with van der Waals surface area (Å²) in [5.41, 5.74) is 0.380. The van der Waals surface area contributed by atoms with Crippen LogP contribution in [-0.4, -0.2) is 78.4 Å². The van der Waals surface area contributed by atoms with Crippen molar-refractivity contribution in [1.82, 2.24) is 14.5 Å². The number of hydrogen-bond acceptors (Lipinski definition) is 7. The molecular weight excluding hydrogens is 587 g/mol. The van der Waals surface area contributed by atoms with Gasteiger partial charge in [-0.25, -0.2) is 13.8 Å². The van der Waals surface area contributed by atoms with Crippen LogP contribution in [0.25, 0.3) is 16.8 Å². The molecule has 2 aliphatic heterocycles. The molecule has 236 valence electrons. The minimum Gasteiger partial charge on any atom is -0.375 e. The van der Waals surface area contributed by atoms with Gasteiger partial charge in [0.2, 0.25) is 0 Å². The number of likely N-dealkylation sites (N-methyl/N-ethyl adjacent to an activating group) is 1. The first-order valence-electron chi connectivity index (χ1n) is 14.1. The number of nitrogens with zero attached hydrogens (tertiary/aromatic N) is 5. The molecule has 4 heterocycles. The molecule has 14 heteroatoms. The highest BCUT2D eigenvalue weighted by atomic mass is 19.4. The Hall–Kier alpha value is -4.04. The molecule has 44 heavy (non-hydrogen) atoms. The first-order chi connectivity index (χ1) is 20.7. The summed E-state index contributed by atoms with van der Waals surface area (Å²) in [5, 5.41) is 0. The number of anilines is 2.